The highest BCUT2D eigenvalue weighted by molar-refractivity contribution is 9.09. The second-order valence-corrected chi connectivity index (χ2v) is 7.54. The molecule has 0 aliphatic rings. The van der Waals surface area contributed by atoms with E-state index >= 15 is 0 Å². The summed E-state index contributed by atoms with van der Waals surface area (Å²) in [5.74, 6) is 0. The lowest BCUT2D eigenvalue weighted by Crippen LogP contribution is -2.24. The molecule has 0 aliphatic heterocycles. The number of hydrogen-bond acceptors (Lipinski definition) is 2. The Morgan fingerprint density at radius 2 is 1.58 bits per heavy atom. The molecule has 0 aromatic heterocycles. The van der Waals surface area contributed by atoms with Crippen LogP contribution in [0.4, 0.5) is 0 Å². The molecule has 1 rings (SSSR count). The summed E-state index contributed by atoms with van der Waals surface area (Å²) in [6.45, 7) is 0.425. The summed E-state index contributed by atoms with van der Waals surface area (Å²) in [5, 5.41) is 1.61. The van der Waals surface area contributed by atoms with E-state index in [0.717, 1.165) is 31.0 Å². The van der Waals surface area contributed by atoms with E-state index in [2.05, 4.69) is 20.7 Å². The molecule has 19 heavy (non-hydrogen) atoms. The smallest absolute Gasteiger partial charge is 0.211 e. The van der Waals surface area contributed by atoms with Crippen LogP contribution in [0, 0.1) is 0 Å². The predicted octanol–water partition coefficient (Wildman–Crippen LogP) is 4.23. The van der Waals surface area contributed by atoms with Crippen molar-refractivity contribution in [1.29, 1.82) is 0 Å². The highest BCUT2D eigenvalue weighted by atomic mass is 79.9. The molecule has 0 atom stereocenters. The van der Waals surface area contributed by atoms with E-state index in [0.29, 0.717) is 16.6 Å². The third kappa shape index (κ3) is 6.45. The number of benzene rings is 1. The van der Waals surface area contributed by atoms with Gasteiger partial charge in [-0.3, -0.25) is 0 Å². The number of hydrogen-bond donors (Lipinski definition) is 1. The lowest BCUT2D eigenvalue weighted by molar-refractivity contribution is 0.574. The molecule has 1 aromatic rings. The molecule has 0 bridgehead atoms. The van der Waals surface area contributed by atoms with Gasteiger partial charge in [0.25, 0.3) is 0 Å². The Kier molecular flexibility index (Phi) is 7.69. The van der Waals surface area contributed by atoms with Crippen molar-refractivity contribution in [2.24, 2.45) is 0 Å². The van der Waals surface area contributed by atoms with Gasteiger partial charge in [-0.25, -0.2) is 13.1 Å². The summed E-state index contributed by atoms with van der Waals surface area (Å²) in [7, 11) is -3.53. The van der Waals surface area contributed by atoms with E-state index < -0.39 is 10.0 Å². The Labute approximate surface area is 132 Å². The Morgan fingerprint density at radius 3 is 2.16 bits per heavy atom. The van der Waals surface area contributed by atoms with Crippen LogP contribution in [0.25, 0.3) is 0 Å². The summed E-state index contributed by atoms with van der Waals surface area (Å²) in [6, 6.07) is 4.28. The van der Waals surface area contributed by atoms with Crippen molar-refractivity contribution in [2.45, 2.75) is 30.6 Å². The first-order valence-corrected chi connectivity index (χ1v) is 9.33. The second-order valence-electron chi connectivity index (χ2n) is 4.11. The van der Waals surface area contributed by atoms with E-state index in [9.17, 15) is 8.42 Å². The third-order valence-electron chi connectivity index (χ3n) is 2.50. The highest BCUT2D eigenvalue weighted by Crippen LogP contribution is 2.22. The fourth-order valence-corrected chi connectivity index (χ4v) is 3.74. The fourth-order valence-electron chi connectivity index (χ4n) is 1.55. The number of nitrogens with one attached hydrogen (secondary N) is 1. The van der Waals surface area contributed by atoms with E-state index in [1.165, 1.54) is 18.2 Å². The zero-order valence-electron chi connectivity index (χ0n) is 10.3. The number of halogens is 3. The zero-order chi connectivity index (χ0) is 14.3. The van der Waals surface area contributed by atoms with Gasteiger partial charge in [-0.15, -0.1) is 0 Å². The molecule has 7 heteroatoms. The lowest BCUT2D eigenvalue weighted by atomic mass is 10.2. The second kappa shape index (κ2) is 8.47. The first kappa shape index (κ1) is 17.2. The van der Waals surface area contributed by atoms with Gasteiger partial charge in [0.05, 0.1) is 4.90 Å². The van der Waals surface area contributed by atoms with Crippen molar-refractivity contribution in [3.05, 3.63) is 28.2 Å². The molecule has 0 amide bonds. The average Bonchev–Trinajstić information content (AvgIpc) is 2.32. The number of sulfonamides is 1. The molecule has 0 aliphatic carbocycles. The van der Waals surface area contributed by atoms with Crippen LogP contribution in [0.1, 0.15) is 25.7 Å². The predicted molar refractivity (Wildman–Crippen MR) is 83.9 cm³/mol. The van der Waals surface area contributed by atoms with Gasteiger partial charge in [-0.2, -0.15) is 0 Å². The van der Waals surface area contributed by atoms with Gasteiger partial charge in [0.15, 0.2) is 0 Å². The van der Waals surface area contributed by atoms with Gasteiger partial charge in [-0.1, -0.05) is 52.0 Å². The van der Waals surface area contributed by atoms with Crippen molar-refractivity contribution in [3.63, 3.8) is 0 Å². The van der Waals surface area contributed by atoms with Gasteiger partial charge in [-0.05, 0) is 31.0 Å². The van der Waals surface area contributed by atoms with Crippen LogP contribution in [0.15, 0.2) is 23.1 Å². The maximum Gasteiger partial charge on any atom is 0.240 e. The normalized spacial score (nSPS) is 11.7. The van der Waals surface area contributed by atoms with E-state index in [4.69, 9.17) is 23.2 Å². The maximum absolute atomic E-state index is 12.0. The maximum atomic E-state index is 12.0. The van der Waals surface area contributed by atoms with E-state index in [1.54, 1.807) is 0 Å². The Bertz CT molecular complexity index is 488. The van der Waals surface area contributed by atoms with Crippen LogP contribution < -0.4 is 4.72 Å². The molecule has 0 saturated heterocycles. The average molecular weight is 389 g/mol. The van der Waals surface area contributed by atoms with Crippen LogP contribution in [0.2, 0.25) is 10.0 Å². The molecule has 0 heterocycles. The zero-order valence-corrected chi connectivity index (χ0v) is 14.2. The summed E-state index contributed by atoms with van der Waals surface area (Å²) < 4.78 is 26.5. The molecule has 0 unspecified atom stereocenters. The summed E-state index contributed by atoms with van der Waals surface area (Å²) in [6.07, 6.45) is 4.03. The topological polar surface area (TPSA) is 46.2 Å². The minimum Gasteiger partial charge on any atom is -0.211 e. The van der Waals surface area contributed by atoms with Crippen LogP contribution in [-0.2, 0) is 10.0 Å². The van der Waals surface area contributed by atoms with Crippen molar-refractivity contribution in [2.75, 3.05) is 11.9 Å². The van der Waals surface area contributed by atoms with Crippen molar-refractivity contribution >= 4 is 49.2 Å². The molecule has 108 valence electrons. The summed E-state index contributed by atoms with van der Waals surface area (Å²) >= 11 is 14.9. The number of rotatable bonds is 8. The van der Waals surface area contributed by atoms with Crippen LogP contribution >= 0.6 is 39.1 Å². The standard InChI is InChI=1S/C12H16BrCl2NO2S/c13-5-3-1-2-4-6-16-19(17,18)12-8-10(14)7-11(15)9-12/h7-9,16H,1-6H2. The molecule has 1 N–H and O–H groups in total. The molecule has 0 fully saturated rings. The van der Waals surface area contributed by atoms with Gasteiger partial charge in [0.2, 0.25) is 10.0 Å². The Morgan fingerprint density at radius 1 is 1.00 bits per heavy atom. The number of unbranched alkanes of at least 4 members (excludes halogenated alkanes) is 3. The van der Waals surface area contributed by atoms with Gasteiger partial charge >= 0.3 is 0 Å². The SMILES string of the molecule is O=S(=O)(NCCCCCCBr)c1cc(Cl)cc(Cl)c1. The fraction of sp³-hybridized carbons (Fsp3) is 0.500. The van der Waals surface area contributed by atoms with Crippen LogP contribution in [0.5, 0.6) is 0 Å². The van der Waals surface area contributed by atoms with Gasteiger partial charge < -0.3 is 0 Å². The summed E-state index contributed by atoms with van der Waals surface area (Å²) in [5.41, 5.74) is 0. The third-order valence-corrected chi connectivity index (χ3v) is 4.94. The van der Waals surface area contributed by atoms with Gasteiger partial charge in [0.1, 0.15) is 0 Å². The largest absolute Gasteiger partial charge is 0.240 e. The monoisotopic (exact) mass is 387 g/mol. The Hall–Kier alpha value is 0.190. The molecular formula is C12H16BrCl2NO2S. The lowest BCUT2D eigenvalue weighted by Gasteiger charge is -2.07. The van der Waals surface area contributed by atoms with E-state index in [1.807, 2.05) is 0 Å². The highest BCUT2D eigenvalue weighted by Gasteiger charge is 2.14. The molecule has 3 nitrogen and oxygen atoms in total. The molecule has 0 spiro atoms. The van der Waals surface area contributed by atoms with Crippen LogP contribution in [0.3, 0.4) is 0 Å². The van der Waals surface area contributed by atoms with E-state index in [-0.39, 0.29) is 4.90 Å². The molecular weight excluding hydrogens is 373 g/mol. The van der Waals surface area contributed by atoms with Crippen molar-refractivity contribution in [3.8, 4) is 0 Å². The summed E-state index contributed by atoms with van der Waals surface area (Å²) in [4.78, 5) is 0.102. The van der Waals surface area contributed by atoms with Gasteiger partial charge in [0, 0.05) is 21.9 Å². The van der Waals surface area contributed by atoms with Crippen molar-refractivity contribution in [1.82, 2.24) is 4.72 Å². The molecule has 0 radical (unpaired) electrons. The first-order valence-electron chi connectivity index (χ1n) is 5.97. The van der Waals surface area contributed by atoms with Crippen LogP contribution in [-0.4, -0.2) is 20.3 Å². The van der Waals surface area contributed by atoms with Crippen molar-refractivity contribution < 1.29 is 8.42 Å². The molecule has 1 aromatic carbocycles. The molecule has 0 saturated carbocycles. The minimum absolute atomic E-state index is 0.102. The number of alkyl halides is 1. The Balaban J connectivity index is 2.51. The first-order chi connectivity index (χ1) is 8.95. The quantitative estimate of drug-likeness (QED) is 0.535. The minimum atomic E-state index is -3.53.